The number of hydrogen-bond acceptors (Lipinski definition) is 2. The van der Waals surface area contributed by atoms with E-state index in [1.165, 1.54) is 22.1 Å². The summed E-state index contributed by atoms with van der Waals surface area (Å²) in [5.41, 5.74) is 4.81. The van der Waals surface area contributed by atoms with Crippen molar-refractivity contribution in [2.75, 3.05) is 0 Å². The number of aryl methyl sites for hydroxylation is 3. The zero-order valence-corrected chi connectivity index (χ0v) is 15.1. The van der Waals surface area contributed by atoms with Gasteiger partial charge in [0.2, 0.25) is 0 Å². The largest absolute Gasteiger partial charge is 0.264 e. The molecule has 2 heterocycles. The predicted molar refractivity (Wildman–Crippen MR) is 107 cm³/mol. The maximum absolute atomic E-state index is 4.28. The number of para-hydroxylation sites is 1. The van der Waals surface area contributed by atoms with E-state index in [0.717, 1.165) is 5.52 Å². The number of hydrogen-bond donors (Lipinski definition) is 0. The zero-order chi connectivity index (χ0) is 17.9. The molecule has 0 fully saturated rings. The Morgan fingerprint density at radius 1 is 0.600 bits per heavy atom. The van der Waals surface area contributed by atoms with E-state index in [-0.39, 0.29) is 0 Å². The molecule has 0 radical (unpaired) electrons. The van der Waals surface area contributed by atoms with E-state index in [0.29, 0.717) is 0 Å². The summed E-state index contributed by atoms with van der Waals surface area (Å²) in [5, 5.41) is 1.22. The van der Waals surface area contributed by atoms with E-state index < -0.39 is 0 Å². The molecule has 2 heteroatoms. The Bertz CT molecular complexity index is 834. The summed E-state index contributed by atoms with van der Waals surface area (Å²) in [5.74, 6) is 0. The average Bonchev–Trinajstić information content (AvgIpc) is 2.64. The standard InChI is InChI=1S/C10H9N.C7H8.C6H7N/c1-8-6-9-4-2-3-5-10(9)11-7-8;1-7-5-3-2-4-6-7;1-6-3-2-4-7-5-6/h2-7H,1H3;2-6H,1H3;2-5H,1H3. The molecule has 2 nitrogen and oxygen atoms in total. The normalized spacial score (nSPS) is 9.40. The molecule has 4 aromatic rings. The third-order valence-corrected chi connectivity index (χ3v) is 3.48. The fraction of sp³-hybridized carbons (Fsp3) is 0.130. The summed E-state index contributed by atoms with van der Waals surface area (Å²) in [6, 6.07) is 24.5. The van der Waals surface area contributed by atoms with E-state index in [2.05, 4.69) is 48.1 Å². The second-order valence-electron chi connectivity index (χ2n) is 5.89. The molecule has 2 aromatic carbocycles. The Kier molecular flexibility index (Phi) is 7.33. The summed E-state index contributed by atoms with van der Waals surface area (Å²) in [6.45, 7) is 6.16. The molecule has 0 atom stereocenters. The van der Waals surface area contributed by atoms with Crippen LogP contribution in [0.15, 0.2) is 91.4 Å². The summed E-state index contributed by atoms with van der Waals surface area (Å²) < 4.78 is 0. The van der Waals surface area contributed by atoms with Gasteiger partial charge in [-0.05, 0) is 50.1 Å². The lowest BCUT2D eigenvalue weighted by Gasteiger charge is -1.95. The van der Waals surface area contributed by atoms with Crippen LogP contribution in [0.25, 0.3) is 10.9 Å². The molecular formula is C23H24N2. The first-order valence-corrected chi connectivity index (χ1v) is 8.35. The molecule has 126 valence electrons. The van der Waals surface area contributed by atoms with E-state index >= 15 is 0 Å². The van der Waals surface area contributed by atoms with Crippen molar-refractivity contribution < 1.29 is 0 Å². The molecule has 0 spiro atoms. The van der Waals surface area contributed by atoms with Gasteiger partial charge in [-0.1, -0.05) is 60.2 Å². The van der Waals surface area contributed by atoms with Crippen molar-refractivity contribution in [3.8, 4) is 0 Å². The smallest absolute Gasteiger partial charge is 0.0702 e. The van der Waals surface area contributed by atoms with Crippen molar-refractivity contribution in [2.24, 2.45) is 0 Å². The van der Waals surface area contributed by atoms with Crippen LogP contribution in [-0.4, -0.2) is 9.97 Å². The van der Waals surface area contributed by atoms with Crippen molar-refractivity contribution >= 4 is 10.9 Å². The minimum Gasteiger partial charge on any atom is -0.264 e. The lowest BCUT2D eigenvalue weighted by Crippen LogP contribution is -1.78. The lowest BCUT2D eigenvalue weighted by atomic mass is 10.2. The Hall–Kier alpha value is -3.00. The maximum Gasteiger partial charge on any atom is 0.0702 e. The van der Waals surface area contributed by atoms with Gasteiger partial charge in [-0.15, -0.1) is 0 Å². The van der Waals surface area contributed by atoms with Crippen molar-refractivity contribution in [3.63, 3.8) is 0 Å². The summed E-state index contributed by atoms with van der Waals surface area (Å²) in [6.07, 6.45) is 5.50. The Morgan fingerprint density at radius 3 is 1.84 bits per heavy atom. The highest BCUT2D eigenvalue weighted by atomic mass is 14.6. The van der Waals surface area contributed by atoms with Gasteiger partial charge >= 0.3 is 0 Å². The molecule has 0 unspecified atom stereocenters. The Labute approximate surface area is 150 Å². The van der Waals surface area contributed by atoms with Gasteiger partial charge in [-0.25, -0.2) is 0 Å². The maximum atomic E-state index is 4.28. The molecule has 0 aliphatic rings. The Balaban J connectivity index is 0.000000142. The molecule has 2 aromatic heterocycles. The van der Waals surface area contributed by atoms with E-state index in [1.54, 1.807) is 6.20 Å². The van der Waals surface area contributed by atoms with E-state index in [9.17, 15) is 0 Å². The van der Waals surface area contributed by atoms with Crippen LogP contribution in [0.2, 0.25) is 0 Å². The number of benzene rings is 2. The molecular weight excluding hydrogens is 304 g/mol. The molecule has 0 bridgehead atoms. The third kappa shape index (κ3) is 6.96. The highest BCUT2D eigenvalue weighted by molar-refractivity contribution is 5.78. The summed E-state index contributed by atoms with van der Waals surface area (Å²) in [4.78, 5) is 8.16. The molecule has 0 saturated heterocycles. The van der Waals surface area contributed by atoms with Gasteiger partial charge in [0.25, 0.3) is 0 Å². The van der Waals surface area contributed by atoms with Crippen molar-refractivity contribution in [2.45, 2.75) is 20.8 Å². The number of fused-ring (bicyclic) bond motifs is 1. The van der Waals surface area contributed by atoms with Crippen molar-refractivity contribution in [3.05, 3.63) is 108 Å². The molecule has 0 aliphatic heterocycles. The van der Waals surface area contributed by atoms with Gasteiger partial charge in [-0.3, -0.25) is 9.97 Å². The molecule has 4 rings (SSSR count). The van der Waals surface area contributed by atoms with E-state index in [1.807, 2.05) is 67.8 Å². The number of rotatable bonds is 0. The fourth-order valence-corrected chi connectivity index (χ4v) is 2.16. The van der Waals surface area contributed by atoms with Gasteiger partial charge in [0.05, 0.1) is 5.52 Å². The summed E-state index contributed by atoms with van der Waals surface area (Å²) >= 11 is 0. The van der Waals surface area contributed by atoms with Crippen LogP contribution in [0.3, 0.4) is 0 Å². The van der Waals surface area contributed by atoms with Crippen LogP contribution in [-0.2, 0) is 0 Å². The predicted octanol–water partition coefficient (Wildman–Crippen LogP) is 5.93. The summed E-state index contributed by atoms with van der Waals surface area (Å²) in [7, 11) is 0. The van der Waals surface area contributed by atoms with Gasteiger partial charge in [0.15, 0.2) is 0 Å². The van der Waals surface area contributed by atoms with Gasteiger partial charge in [0, 0.05) is 24.0 Å². The number of aromatic nitrogens is 2. The minimum absolute atomic E-state index is 1.07. The molecule has 25 heavy (non-hydrogen) atoms. The first-order chi connectivity index (χ1) is 12.1. The Morgan fingerprint density at radius 2 is 1.28 bits per heavy atom. The molecule has 0 aliphatic carbocycles. The van der Waals surface area contributed by atoms with Crippen LogP contribution < -0.4 is 0 Å². The third-order valence-electron chi connectivity index (χ3n) is 3.48. The molecule has 0 amide bonds. The number of pyridine rings is 2. The van der Waals surface area contributed by atoms with Crippen molar-refractivity contribution in [1.82, 2.24) is 9.97 Å². The first kappa shape index (κ1) is 18.3. The van der Waals surface area contributed by atoms with Crippen LogP contribution >= 0.6 is 0 Å². The van der Waals surface area contributed by atoms with Crippen molar-refractivity contribution in [1.29, 1.82) is 0 Å². The first-order valence-electron chi connectivity index (χ1n) is 8.35. The molecule has 0 N–H and O–H groups in total. The van der Waals surface area contributed by atoms with Crippen LogP contribution in [0.4, 0.5) is 0 Å². The topological polar surface area (TPSA) is 25.8 Å². The average molecular weight is 328 g/mol. The SMILES string of the molecule is Cc1ccccc1.Cc1cccnc1.Cc1cnc2ccccc2c1. The lowest BCUT2D eigenvalue weighted by molar-refractivity contribution is 1.27. The van der Waals surface area contributed by atoms with Crippen LogP contribution in [0, 0.1) is 20.8 Å². The monoisotopic (exact) mass is 328 g/mol. The molecule has 0 saturated carbocycles. The van der Waals surface area contributed by atoms with Gasteiger partial charge in [-0.2, -0.15) is 0 Å². The van der Waals surface area contributed by atoms with E-state index in [4.69, 9.17) is 0 Å². The van der Waals surface area contributed by atoms with Gasteiger partial charge in [0.1, 0.15) is 0 Å². The second kappa shape index (κ2) is 9.99. The quantitative estimate of drug-likeness (QED) is 0.400. The second-order valence-corrected chi connectivity index (χ2v) is 5.89. The minimum atomic E-state index is 1.07. The van der Waals surface area contributed by atoms with Crippen LogP contribution in [0.1, 0.15) is 16.7 Å². The van der Waals surface area contributed by atoms with Crippen LogP contribution in [0.5, 0.6) is 0 Å². The highest BCUT2D eigenvalue weighted by Gasteiger charge is 1.91. The zero-order valence-electron chi connectivity index (χ0n) is 15.1. The highest BCUT2D eigenvalue weighted by Crippen LogP contribution is 2.11. The fourth-order valence-electron chi connectivity index (χ4n) is 2.16. The number of nitrogens with zero attached hydrogens (tertiary/aromatic N) is 2. The van der Waals surface area contributed by atoms with Gasteiger partial charge < -0.3 is 0 Å².